The van der Waals surface area contributed by atoms with E-state index >= 15 is 0 Å². The van der Waals surface area contributed by atoms with E-state index in [0.29, 0.717) is 0 Å². The summed E-state index contributed by atoms with van der Waals surface area (Å²) in [6.45, 7) is 0. The van der Waals surface area contributed by atoms with Crippen LogP contribution in [0.3, 0.4) is 0 Å². The van der Waals surface area contributed by atoms with Crippen LogP contribution in [0, 0.1) is 5.82 Å². The van der Waals surface area contributed by atoms with Crippen molar-refractivity contribution < 1.29 is 4.39 Å². The molecule has 0 bridgehead atoms. The van der Waals surface area contributed by atoms with Crippen LogP contribution in [0.25, 0.3) is 11.4 Å². The first-order valence-electron chi connectivity index (χ1n) is 4.15. The quantitative estimate of drug-likeness (QED) is 0.713. The minimum absolute atomic E-state index is 0.0746. The summed E-state index contributed by atoms with van der Waals surface area (Å²) in [5.41, 5.74) is 4.81. The van der Waals surface area contributed by atoms with Crippen molar-refractivity contribution in [2.75, 3.05) is 5.73 Å². The molecule has 2 rings (SSSR count). The van der Waals surface area contributed by atoms with Gasteiger partial charge in [-0.2, -0.15) is 9.97 Å². The standard InChI is InChI=1S/C9H7FN4O/c10-6-4-2-1-3-5(6)7-12-8(11)14-9(15)13-7/h1-4H,(H3,11,12,13,14,15). The molecule has 1 aromatic heterocycles. The Labute approximate surface area is 83.8 Å². The number of halogens is 1. The van der Waals surface area contributed by atoms with Gasteiger partial charge in [-0.3, -0.25) is 4.98 Å². The highest BCUT2D eigenvalue weighted by Gasteiger charge is 2.07. The molecule has 0 atom stereocenters. The fraction of sp³-hybridized carbons (Fsp3) is 0. The van der Waals surface area contributed by atoms with Gasteiger partial charge in [-0.05, 0) is 12.1 Å². The SMILES string of the molecule is Nc1nc(-c2ccccc2F)[nH]c(=O)n1. The summed E-state index contributed by atoms with van der Waals surface area (Å²) < 4.78 is 13.3. The first-order valence-corrected chi connectivity index (χ1v) is 4.15. The molecule has 0 fully saturated rings. The third kappa shape index (κ3) is 1.83. The maximum Gasteiger partial charge on any atom is 0.349 e. The van der Waals surface area contributed by atoms with E-state index in [1.807, 2.05) is 0 Å². The summed E-state index contributed by atoms with van der Waals surface area (Å²) in [6.07, 6.45) is 0. The second kappa shape index (κ2) is 3.49. The third-order valence-corrected chi connectivity index (χ3v) is 1.80. The summed E-state index contributed by atoms with van der Waals surface area (Å²) in [5, 5.41) is 0. The molecule has 1 aromatic carbocycles. The maximum atomic E-state index is 13.3. The van der Waals surface area contributed by atoms with Crippen LogP contribution in [-0.2, 0) is 0 Å². The van der Waals surface area contributed by atoms with Gasteiger partial charge in [0.1, 0.15) is 11.6 Å². The van der Waals surface area contributed by atoms with E-state index < -0.39 is 11.5 Å². The zero-order chi connectivity index (χ0) is 10.8. The lowest BCUT2D eigenvalue weighted by molar-refractivity contribution is 0.629. The lowest BCUT2D eigenvalue weighted by Crippen LogP contribution is -2.15. The van der Waals surface area contributed by atoms with Gasteiger partial charge in [0.05, 0.1) is 5.56 Å². The topological polar surface area (TPSA) is 84.7 Å². The van der Waals surface area contributed by atoms with Gasteiger partial charge in [0, 0.05) is 0 Å². The number of benzene rings is 1. The zero-order valence-electron chi connectivity index (χ0n) is 7.57. The smallest absolute Gasteiger partial charge is 0.349 e. The van der Waals surface area contributed by atoms with E-state index in [0.717, 1.165) is 0 Å². The van der Waals surface area contributed by atoms with Crippen molar-refractivity contribution in [1.82, 2.24) is 15.0 Å². The molecule has 0 radical (unpaired) electrons. The van der Waals surface area contributed by atoms with Crippen molar-refractivity contribution >= 4 is 5.95 Å². The van der Waals surface area contributed by atoms with Crippen LogP contribution in [0.2, 0.25) is 0 Å². The minimum atomic E-state index is -0.652. The molecule has 15 heavy (non-hydrogen) atoms. The summed E-state index contributed by atoms with van der Waals surface area (Å²) >= 11 is 0. The van der Waals surface area contributed by atoms with Gasteiger partial charge in [-0.25, -0.2) is 9.18 Å². The predicted molar refractivity (Wildman–Crippen MR) is 52.5 cm³/mol. The highest BCUT2D eigenvalue weighted by Crippen LogP contribution is 2.17. The number of nitrogens with zero attached hydrogens (tertiary/aromatic N) is 2. The van der Waals surface area contributed by atoms with E-state index in [9.17, 15) is 9.18 Å². The molecule has 5 nitrogen and oxygen atoms in total. The largest absolute Gasteiger partial charge is 0.368 e. The van der Waals surface area contributed by atoms with Gasteiger partial charge in [0.2, 0.25) is 5.95 Å². The van der Waals surface area contributed by atoms with Crippen LogP contribution in [0.1, 0.15) is 0 Å². The van der Waals surface area contributed by atoms with Crippen LogP contribution < -0.4 is 11.4 Å². The van der Waals surface area contributed by atoms with Crippen molar-refractivity contribution in [3.63, 3.8) is 0 Å². The Morgan fingerprint density at radius 1 is 1.27 bits per heavy atom. The number of H-pyrrole nitrogens is 1. The van der Waals surface area contributed by atoms with E-state index in [1.54, 1.807) is 12.1 Å². The molecule has 2 aromatic rings. The van der Waals surface area contributed by atoms with E-state index in [2.05, 4.69) is 15.0 Å². The summed E-state index contributed by atoms with van der Waals surface area (Å²) in [5.74, 6) is -0.589. The molecule has 0 aliphatic carbocycles. The van der Waals surface area contributed by atoms with Crippen molar-refractivity contribution in [2.45, 2.75) is 0 Å². The van der Waals surface area contributed by atoms with Gasteiger partial charge in [0.25, 0.3) is 0 Å². The van der Waals surface area contributed by atoms with Gasteiger partial charge < -0.3 is 5.73 Å². The summed E-state index contributed by atoms with van der Waals surface area (Å²) in [6, 6.07) is 5.94. The van der Waals surface area contributed by atoms with Crippen molar-refractivity contribution in [3.05, 3.63) is 40.6 Å². The molecule has 0 unspecified atom stereocenters. The highest BCUT2D eigenvalue weighted by molar-refractivity contribution is 5.55. The number of nitrogens with one attached hydrogen (secondary N) is 1. The highest BCUT2D eigenvalue weighted by atomic mass is 19.1. The molecular formula is C9H7FN4O. The Morgan fingerprint density at radius 2 is 2.00 bits per heavy atom. The molecule has 0 amide bonds. The molecule has 0 spiro atoms. The average Bonchev–Trinajstić information content (AvgIpc) is 2.16. The second-order valence-corrected chi connectivity index (χ2v) is 2.84. The fourth-order valence-electron chi connectivity index (χ4n) is 1.18. The van der Waals surface area contributed by atoms with E-state index in [1.165, 1.54) is 12.1 Å². The van der Waals surface area contributed by atoms with E-state index in [4.69, 9.17) is 5.73 Å². The predicted octanol–water partition coefficient (Wildman–Crippen LogP) is 0.553. The average molecular weight is 206 g/mol. The molecule has 0 saturated carbocycles. The number of hydrogen-bond acceptors (Lipinski definition) is 4. The third-order valence-electron chi connectivity index (χ3n) is 1.80. The summed E-state index contributed by atoms with van der Waals surface area (Å²) in [7, 11) is 0. The van der Waals surface area contributed by atoms with Crippen molar-refractivity contribution in [3.8, 4) is 11.4 Å². The van der Waals surface area contributed by atoms with Gasteiger partial charge in [-0.15, -0.1) is 0 Å². The van der Waals surface area contributed by atoms with Crippen molar-refractivity contribution in [1.29, 1.82) is 0 Å². The Hall–Kier alpha value is -2.24. The molecule has 3 N–H and O–H groups in total. The first-order chi connectivity index (χ1) is 7.16. The minimum Gasteiger partial charge on any atom is -0.368 e. The molecule has 0 aliphatic heterocycles. The van der Waals surface area contributed by atoms with E-state index in [-0.39, 0.29) is 17.3 Å². The fourth-order valence-corrected chi connectivity index (χ4v) is 1.18. The molecule has 0 aliphatic rings. The molecule has 6 heteroatoms. The monoisotopic (exact) mass is 206 g/mol. The number of hydrogen-bond donors (Lipinski definition) is 2. The first kappa shape index (κ1) is 9.32. The van der Waals surface area contributed by atoms with Gasteiger partial charge in [-0.1, -0.05) is 12.1 Å². The van der Waals surface area contributed by atoms with Crippen LogP contribution >= 0.6 is 0 Å². The molecule has 0 saturated heterocycles. The Bertz CT molecular complexity index is 552. The van der Waals surface area contributed by atoms with Crippen molar-refractivity contribution in [2.24, 2.45) is 0 Å². The van der Waals surface area contributed by atoms with Crippen LogP contribution in [0.15, 0.2) is 29.1 Å². The van der Waals surface area contributed by atoms with Crippen LogP contribution in [-0.4, -0.2) is 15.0 Å². The lowest BCUT2D eigenvalue weighted by atomic mass is 10.2. The molecule has 1 heterocycles. The number of nitrogens with two attached hydrogens (primary N) is 1. The Kier molecular flexibility index (Phi) is 2.17. The number of rotatable bonds is 1. The van der Waals surface area contributed by atoms with Crippen LogP contribution in [0.4, 0.5) is 10.3 Å². The number of aromatic amines is 1. The number of anilines is 1. The normalized spacial score (nSPS) is 10.2. The van der Waals surface area contributed by atoms with Gasteiger partial charge >= 0.3 is 5.69 Å². The van der Waals surface area contributed by atoms with Crippen LogP contribution in [0.5, 0.6) is 0 Å². The zero-order valence-corrected chi connectivity index (χ0v) is 7.57. The number of nitrogen functional groups attached to an aromatic ring is 1. The molecular weight excluding hydrogens is 199 g/mol. The second-order valence-electron chi connectivity index (χ2n) is 2.84. The Morgan fingerprint density at radius 3 is 2.67 bits per heavy atom. The summed E-state index contributed by atoms with van der Waals surface area (Å²) in [4.78, 5) is 20.4. The maximum absolute atomic E-state index is 13.3. The number of aromatic nitrogens is 3. The lowest BCUT2D eigenvalue weighted by Gasteiger charge is -2.01. The van der Waals surface area contributed by atoms with Gasteiger partial charge in [0.15, 0.2) is 0 Å². The Balaban J connectivity index is 2.64. The molecule has 76 valence electrons.